The molecule has 20 heavy (non-hydrogen) atoms. The van der Waals surface area contributed by atoms with Gasteiger partial charge in [-0.05, 0) is 0 Å². The van der Waals surface area contributed by atoms with Crippen molar-refractivity contribution < 1.29 is 40.0 Å². The van der Waals surface area contributed by atoms with Gasteiger partial charge in [-0.25, -0.2) is 10.3 Å². The molecule has 0 aromatic rings. The minimum atomic E-state index is -1.82. The van der Waals surface area contributed by atoms with Crippen LogP contribution < -0.4 is 5.43 Å². The van der Waals surface area contributed by atoms with Gasteiger partial charge < -0.3 is 25.5 Å². The number of carbonyl (C=O) groups is 2. The van der Waals surface area contributed by atoms with E-state index in [-0.39, 0.29) is 0 Å². The summed E-state index contributed by atoms with van der Waals surface area (Å²) in [5.74, 6) is -1.27. The van der Waals surface area contributed by atoms with Crippen LogP contribution in [0.15, 0.2) is 0 Å². The van der Waals surface area contributed by atoms with Crippen molar-refractivity contribution in [1.82, 2.24) is 10.6 Å². The number of amides is 2. The second kappa shape index (κ2) is 8.79. The van der Waals surface area contributed by atoms with Crippen LogP contribution in [0.2, 0.25) is 0 Å². The Morgan fingerprint density at radius 3 is 2.00 bits per heavy atom. The Bertz CT molecular complexity index is 326. The molecule has 0 unspecified atom stereocenters. The molecule has 0 rings (SSSR count). The van der Waals surface area contributed by atoms with E-state index >= 15 is 0 Å². The molecule has 118 valence electrons. The zero-order valence-electron chi connectivity index (χ0n) is 11.1. The maximum atomic E-state index is 11.1. The lowest BCUT2D eigenvalue weighted by molar-refractivity contribution is -0.223. The first kappa shape index (κ1) is 18.7. The minimum absolute atomic E-state index is 0.452. The van der Waals surface area contributed by atoms with Crippen molar-refractivity contribution in [2.24, 2.45) is 0 Å². The fourth-order valence-corrected chi connectivity index (χ4v) is 1.16. The number of rotatable bonds is 7. The van der Waals surface area contributed by atoms with E-state index in [9.17, 15) is 24.9 Å². The number of nitrogens with zero attached hydrogens (tertiary/aromatic N) is 1. The van der Waals surface area contributed by atoms with E-state index in [1.807, 2.05) is 5.43 Å². The average molecular weight is 296 g/mol. The van der Waals surface area contributed by atoms with Gasteiger partial charge >= 0.3 is 0 Å². The highest BCUT2D eigenvalue weighted by molar-refractivity contribution is 5.78. The van der Waals surface area contributed by atoms with Crippen LogP contribution in [0.25, 0.3) is 0 Å². The SMILES string of the molecule is CC(=O)NN(OC[C@H](O)[C@H](O)[C@@H](O)[C@H](O)CO)C(C)=O. The number of aliphatic hydroxyl groups is 5. The van der Waals surface area contributed by atoms with E-state index in [1.54, 1.807) is 0 Å². The second-order valence-electron chi connectivity index (χ2n) is 4.08. The number of hydrogen-bond donors (Lipinski definition) is 6. The molecule has 0 spiro atoms. The van der Waals surface area contributed by atoms with E-state index < -0.39 is 49.4 Å². The van der Waals surface area contributed by atoms with Crippen molar-refractivity contribution in [2.75, 3.05) is 13.2 Å². The Morgan fingerprint density at radius 2 is 1.60 bits per heavy atom. The Labute approximate surface area is 115 Å². The monoisotopic (exact) mass is 296 g/mol. The topological polar surface area (TPSA) is 160 Å². The van der Waals surface area contributed by atoms with Crippen LogP contribution in [-0.4, -0.2) is 80.1 Å². The van der Waals surface area contributed by atoms with Crippen molar-refractivity contribution in [2.45, 2.75) is 38.3 Å². The first-order valence-electron chi connectivity index (χ1n) is 5.74. The van der Waals surface area contributed by atoms with Gasteiger partial charge in [0.2, 0.25) is 5.91 Å². The lowest BCUT2D eigenvalue weighted by Crippen LogP contribution is -2.50. The van der Waals surface area contributed by atoms with Gasteiger partial charge in [0.05, 0.1) is 6.61 Å². The molecule has 4 atom stereocenters. The molecule has 0 fully saturated rings. The van der Waals surface area contributed by atoms with Crippen molar-refractivity contribution in [1.29, 1.82) is 0 Å². The Kier molecular flexibility index (Phi) is 8.22. The second-order valence-corrected chi connectivity index (χ2v) is 4.08. The molecule has 0 bridgehead atoms. The van der Waals surface area contributed by atoms with Crippen molar-refractivity contribution in [3.8, 4) is 0 Å². The largest absolute Gasteiger partial charge is 0.394 e. The number of carbonyl (C=O) groups excluding carboxylic acids is 2. The highest BCUT2D eigenvalue weighted by Crippen LogP contribution is 2.06. The highest BCUT2D eigenvalue weighted by atomic mass is 16.7. The standard InChI is InChI=1S/C10H20N2O8/c1-5(14)11-12(6(2)15)20-4-8(17)10(19)9(18)7(16)3-13/h7-10,13,16-19H,3-4H2,1-2H3,(H,11,14)/t7-,8+,9+,10+/m1/s1. The number of hydrazine groups is 1. The molecule has 0 saturated heterocycles. The first-order chi connectivity index (χ1) is 9.20. The van der Waals surface area contributed by atoms with Crippen molar-refractivity contribution in [3.63, 3.8) is 0 Å². The molecular formula is C10H20N2O8. The molecule has 10 nitrogen and oxygen atoms in total. The highest BCUT2D eigenvalue weighted by Gasteiger charge is 2.30. The quantitative estimate of drug-likeness (QED) is 0.261. The summed E-state index contributed by atoms with van der Waals surface area (Å²) in [6, 6.07) is 0. The maximum absolute atomic E-state index is 11.1. The van der Waals surface area contributed by atoms with Gasteiger partial charge in [0.25, 0.3) is 5.91 Å². The van der Waals surface area contributed by atoms with Crippen LogP contribution in [0.5, 0.6) is 0 Å². The zero-order valence-corrected chi connectivity index (χ0v) is 11.1. The summed E-state index contributed by atoms with van der Waals surface area (Å²) in [6.45, 7) is 0.766. The summed E-state index contributed by atoms with van der Waals surface area (Å²) in [5.41, 5.74) is 2.01. The summed E-state index contributed by atoms with van der Waals surface area (Å²) in [5, 5.41) is 46.5. The fourth-order valence-electron chi connectivity index (χ4n) is 1.16. The molecule has 2 amide bonds. The van der Waals surface area contributed by atoms with Crippen LogP contribution >= 0.6 is 0 Å². The van der Waals surface area contributed by atoms with E-state index in [2.05, 4.69) is 0 Å². The zero-order chi connectivity index (χ0) is 15.9. The third kappa shape index (κ3) is 6.23. The Balaban J connectivity index is 4.40. The molecule has 0 aliphatic heterocycles. The van der Waals surface area contributed by atoms with Crippen molar-refractivity contribution >= 4 is 11.8 Å². The lowest BCUT2D eigenvalue weighted by Gasteiger charge is -2.27. The van der Waals surface area contributed by atoms with Crippen LogP contribution in [-0.2, 0) is 14.4 Å². The first-order valence-corrected chi connectivity index (χ1v) is 5.74. The fraction of sp³-hybridized carbons (Fsp3) is 0.800. The summed E-state index contributed by atoms with van der Waals surface area (Å²) < 4.78 is 0. The summed E-state index contributed by atoms with van der Waals surface area (Å²) in [4.78, 5) is 26.6. The molecule has 0 aromatic heterocycles. The number of aliphatic hydroxyl groups excluding tert-OH is 5. The number of nitrogens with one attached hydrogen (secondary N) is 1. The molecule has 0 saturated carbocycles. The van der Waals surface area contributed by atoms with Gasteiger partial charge in [-0.2, -0.15) is 0 Å². The van der Waals surface area contributed by atoms with Gasteiger partial charge in [0.1, 0.15) is 31.0 Å². The third-order valence-electron chi connectivity index (χ3n) is 2.24. The molecule has 0 radical (unpaired) electrons. The number of hydrogen-bond acceptors (Lipinski definition) is 8. The molecule has 0 aliphatic carbocycles. The molecule has 10 heteroatoms. The molecule has 0 heterocycles. The van der Waals surface area contributed by atoms with E-state index in [0.717, 1.165) is 13.8 Å². The van der Waals surface area contributed by atoms with Gasteiger partial charge in [-0.1, -0.05) is 0 Å². The van der Waals surface area contributed by atoms with Gasteiger partial charge in [-0.3, -0.25) is 9.59 Å². The maximum Gasteiger partial charge on any atom is 0.263 e. The molecule has 6 N–H and O–H groups in total. The van der Waals surface area contributed by atoms with E-state index in [4.69, 9.17) is 15.1 Å². The number of hydroxylamine groups is 1. The van der Waals surface area contributed by atoms with Crippen molar-refractivity contribution in [3.05, 3.63) is 0 Å². The van der Waals surface area contributed by atoms with Crippen LogP contribution in [0.3, 0.4) is 0 Å². The van der Waals surface area contributed by atoms with E-state index in [0.29, 0.717) is 5.17 Å². The normalized spacial score (nSPS) is 16.9. The predicted octanol–water partition coefficient (Wildman–Crippen LogP) is -3.75. The predicted molar refractivity (Wildman–Crippen MR) is 63.4 cm³/mol. The van der Waals surface area contributed by atoms with Crippen LogP contribution in [0.4, 0.5) is 0 Å². The molecule has 0 aliphatic rings. The minimum Gasteiger partial charge on any atom is -0.394 e. The Morgan fingerprint density at radius 1 is 1.10 bits per heavy atom. The Hall–Kier alpha value is -1.30. The summed E-state index contributed by atoms with van der Waals surface area (Å²) in [7, 11) is 0. The summed E-state index contributed by atoms with van der Waals surface area (Å²) >= 11 is 0. The van der Waals surface area contributed by atoms with Crippen LogP contribution in [0, 0.1) is 0 Å². The van der Waals surface area contributed by atoms with Gasteiger partial charge in [0.15, 0.2) is 0 Å². The van der Waals surface area contributed by atoms with E-state index in [1.165, 1.54) is 0 Å². The molecular weight excluding hydrogens is 276 g/mol. The summed E-state index contributed by atoms with van der Waals surface area (Å²) in [6.07, 6.45) is -6.92. The third-order valence-corrected chi connectivity index (χ3v) is 2.24. The van der Waals surface area contributed by atoms with Gasteiger partial charge in [-0.15, -0.1) is 5.17 Å². The van der Waals surface area contributed by atoms with Crippen LogP contribution in [0.1, 0.15) is 13.8 Å². The smallest absolute Gasteiger partial charge is 0.263 e. The lowest BCUT2D eigenvalue weighted by atomic mass is 10.0. The average Bonchev–Trinajstić information content (AvgIpc) is 2.39. The van der Waals surface area contributed by atoms with Gasteiger partial charge in [0, 0.05) is 13.8 Å². The molecule has 0 aromatic carbocycles.